The molecule has 29 heavy (non-hydrogen) atoms. The molecule has 1 aromatic rings. The van der Waals surface area contributed by atoms with Gasteiger partial charge < -0.3 is 15.0 Å². The molecular formula is C20H23N3O4S2. The predicted molar refractivity (Wildman–Crippen MR) is 111 cm³/mol. The Hall–Kier alpha value is -2.05. The fourth-order valence-electron chi connectivity index (χ4n) is 4.34. The lowest BCUT2D eigenvalue weighted by Crippen LogP contribution is -2.47. The van der Waals surface area contributed by atoms with Crippen LogP contribution in [0.25, 0.3) is 0 Å². The second-order valence-corrected chi connectivity index (χ2v) is 10.4. The smallest absolute Gasteiger partial charge is 0.330 e. The average Bonchev–Trinajstić information content (AvgIpc) is 3.24. The van der Waals surface area contributed by atoms with Crippen molar-refractivity contribution >= 4 is 45.9 Å². The number of ether oxygens (including phenoxy) is 1. The van der Waals surface area contributed by atoms with Crippen LogP contribution in [0.15, 0.2) is 0 Å². The van der Waals surface area contributed by atoms with E-state index in [9.17, 15) is 19.6 Å². The van der Waals surface area contributed by atoms with Crippen LogP contribution in [0, 0.1) is 11.3 Å². The van der Waals surface area contributed by atoms with Crippen molar-refractivity contribution < 1.29 is 19.1 Å². The second kappa shape index (κ2) is 8.00. The van der Waals surface area contributed by atoms with E-state index in [0.29, 0.717) is 22.7 Å². The summed E-state index contributed by atoms with van der Waals surface area (Å²) in [6, 6.07) is 1.58. The van der Waals surface area contributed by atoms with Crippen LogP contribution in [-0.4, -0.2) is 46.0 Å². The Morgan fingerprint density at radius 1 is 1.31 bits per heavy atom. The van der Waals surface area contributed by atoms with E-state index in [2.05, 4.69) is 11.4 Å². The van der Waals surface area contributed by atoms with Crippen molar-refractivity contribution in [1.82, 2.24) is 4.90 Å². The van der Waals surface area contributed by atoms with E-state index in [1.807, 2.05) is 6.92 Å². The van der Waals surface area contributed by atoms with E-state index >= 15 is 0 Å². The van der Waals surface area contributed by atoms with Crippen molar-refractivity contribution in [2.24, 2.45) is 0 Å². The highest BCUT2D eigenvalue weighted by molar-refractivity contribution is 8.01. The van der Waals surface area contributed by atoms with Crippen LogP contribution < -0.4 is 5.32 Å². The van der Waals surface area contributed by atoms with Crippen molar-refractivity contribution in [1.29, 1.82) is 5.26 Å². The van der Waals surface area contributed by atoms with E-state index in [1.54, 1.807) is 16.7 Å². The number of nitriles is 1. The summed E-state index contributed by atoms with van der Waals surface area (Å²) in [5.74, 6) is -0.567. The van der Waals surface area contributed by atoms with Crippen molar-refractivity contribution in [2.45, 2.75) is 62.8 Å². The number of thiophene rings is 1. The van der Waals surface area contributed by atoms with Crippen LogP contribution in [-0.2, 0) is 32.0 Å². The highest BCUT2D eigenvalue weighted by Crippen LogP contribution is 2.47. The van der Waals surface area contributed by atoms with Gasteiger partial charge in [0.25, 0.3) is 5.91 Å². The minimum atomic E-state index is -0.639. The largest absolute Gasteiger partial charge is 0.454 e. The molecule has 4 rings (SSSR count). The first-order valence-corrected chi connectivity index (χ1v) is 11.7. The number of carbonyl (C=O) groups is 3. The van der Waals surface area contributed by atoms with Crippen molar-refractivity contribution in [3.63, 3.8) is 0 Å². The number of aryl methyl sites for hydroxylation is 1. The van der Waals surface area contributed by atoms with Crippen molar-refractivity contribution in [2.75, 3.05) is 17.7 Å². The van der Waals surface area contributed by atoms with Gasteiger partial charge >= 0.3 is 5.97 Å². The highest BCUT2D eigenvalue weighted by Gasteiger charge is 2.53. The SMILES string of the molecule is CC12CCC(=O)N1C(C(=O)OCC(=O)Nc1sc3c(c1C#N)CCCCC3)CS2. The average molecular weight is 434 g/mol. The molecule has 2 fully saturated rings. The standard InChI is InChI=1S/C20H23N3O4S2/c1-20-8-7-17(25)23(20)14(11-28-20)19(26)27-10-16(24)22-18-13(9-21)12-5-3-2-4-6-15(12)29-18/h14H,2-8,10-11H2,1H3,(H,22,24). The van der Waals surface area contributed by atoms with E-state index in [1.165, 1.54) is 16.2 Å². The van der Waals surface area contributed by atoms with E-state index < -0.39 is 24.5 Å². The summed E-state index contributed by atoms with van der Waals surface area (Å²) in [4.78, 5) is 39.4. The highest BCUT2D eigenvalue weighted by atomic mass is 32.2. The van der Waals surface area contributed by atoms with E-state index in [4.69, 9.17) is 4.74 Å². The van der Waals surface area contributed by atoms with Gasteiger partial charge in [-0.25, -0.2) is 4.79 Å². The number of esters is 1. The lowest BCUT2D eigenvalue weighted by molar-refractivity contribution is -0.155. The molecule has 0 radical (unpaired) electrons. The molecule has 0 saturated carbocycles. The maximum absolute atomic E-state index is 12.5. The van der Waals surface area contributed by atoms with E-state index in [-0.39, 0.29) is 10.8 Å². The third-order valence-electron chi connectivity index (χ3n) is 5.85. The number of carbonyl (C=O) groups excluding carboxylic acids is 3. The van der Waals surface area contributed by atoms with Crippen molar-refractivity contribution in [3.05, 3.63) is 16.0 Å². The Kier molecular flexibility index (Phi) is 5.58. The number of thioether (sulfide) groups is 1. The molecule has 3 aliphatic rings. The molecule has 7 nitrogen and oxygen atoms in total. The fraction of sp³-hybridized carbons (Fsp3) is 0.600. The molecule has 2 atom stereocenters. The van der Waals surface area contributed by atoms with Gasteiger partial charge in [-0.2, -0.15) is 5.26 Å². The number of fused-ring (bicyclic) bond motifs is 2. The summed E-state index contributed by atoms with van der Waals surface area (Å²) in [5, 5.41) is 12.8. The molecule has 1 N–H and O–H groups in total. The summed E-state index contributed by atoms with van der Waals surface area (Å²) < 4.78 is 5.22. The first-order chi connectivity index (χ1) is 13.9. The molecule has 0 spiro atoms. The summed E-state index contributed by atoms with van der Waals surface area (Å²) in [6.45, 7) is 1.54. The molecule has 2 unspecified atom stereocenters. The van der Waals surface area contributed by atoms with Crippen LogP contribution in [0.1, 0.15) is 55.0 Å². The van der Waals surface area contributed by atoms with Crippen LogP contribution in [0.4, 0.5) is 5.00 Å². The molecule has 2 aliphatic heterocycles. The Bertz CT molecular complexity index is 906. The van der Waals surface area contributed by atoms with Gasteiger partial charge in [-0.3, -0.25) is 9.59 Å². The fourth-order valence-corrected chi connectivity index (χ4v) is 7.01. The van der Waals surface area contributed by atoms with Gasteiger partial charge in [-0.1, -0.05) is 6.42 Å². The third kappa shape index (κ3) is 3.76. The molecular weight excluding hydrogens is 410 g/mol. The summed E-state index contributed by atoms with van der Waals surface area (Å²) in [6.07, 6.45) is 6.26. The minimum absolute atomic E-state index is 0.0392. The monoisotopic (exact) mass is 433 g/mol. The summed E-state index contributed by atoms with van der Waals surface area (Å²) in [7, 11) is 0. The maximum Gasteiger partial charge on any atom is 0.330 e. The van der Waals surface area contributed by atoms with Crippen LogP contribution in [0.5, 0.6) is 0 Å². The Balaban J connectivity index is 1.37. The number of nitrogens with zero attached hydrogens (tertiary/aromatic N) is 2. The number of hydrogen-bond donors (Lipinski definition) is 1. The van der Waals surface area contributed by atoms with Gasteiger partial charge in [0.15, 0.2) is 6.61 Å². The van der Waals surface area contributed by atoms with Gasteiger partial charge in [0.1, 0.15) is 17.1 Å². The first-order valence-electron chi connectivity index (χ1n) is 9.90. The number of amides is 2. The lowest BCUT2D eigenvalue weighted by atomic mass is 10.1. The molecule has 0 bridgehead atoms. The molecule has 2 saturated heterocycles. The molecule has 1 aliphatic carbocycles. The minimum Gasteiger partial charge on any atom is -0.454 e. The van der Waals surface area contributed by atoms with Crippen LogP contribution in [0.2, 0.25) is 0 Å². The van der Waals surface area contributed by atoms with Gasteiger partial charge in [-0.05, 0) is 44.6 Å². The van der Waals surface area contributed by atoms with Crippen LogP contribution in [0.3, 0.4) is 0 Å². The number of anilines is 1. The zero-order chi connectivity index (χ0) is 20.6. The molecule has 9 heteroatoms. The zero-order valence-electron chi connectivity index (χ0n) is 16.3. The van der Waals surface area contributed by atoms with Crippen LogP contribution >= 0.6 is 23.1 Å². The molecule has 2 amide bonds. The molecule has 3 heterocycles. The topological polar surface area (TPSA) is 99.5 Å². The molecule has 154 valence electrons. The normalized spacial score (nSPS) is 25.7. The Labute approximate surface area is 177 Å². The van der Waals surface area contributed by atoms with Gasteiger partial charge in [0, 0.05) is 17.1 Å². The quantitative estimate of drug-likeness (QED) is 0.579. The Morgan fingerprint density at radius 3 is 2.90 bits per heavy atom. The van der Waals surface area contributed by atoms with Gasteiger partial charge in [0.2, 0.25) is 5.91 Å². The predicted octanol–water partition coefficient (Wildman–Crippen LogP) is 2.82. The number of nitrogens with one attached hydrogen (secondary N) is 1. The second-order valence-electron chi connectivity index (χ2n) is 7.80. The Morgan fingerprint density at radius 2 is 2.10 bits per heavy atom. The first kappa shape index (κ1) is 20.2. The van der Waals surface area contributed by atoms with E-state index in [0.717, 1.165) is 44.1 Å². The summed E-state index contributed by atoms with van der Waals surface area (Å²) >= 11 is 3.03. The zero-order valence-corrected chi connectivity index (χ0v) is 17.9. The van der Waals surface area contributed by atoms with Gasteiger partial charge in [-0.15, -0.1) is 23.1 Å². The molecule has 0 aromatic carbocycles. The third-order valence-corrected chi connectivity index (χ3v) is 8.56. The van der Waals surface area contributed by atoms with Gasteiger partial charge in [0.05, 0.1) is 10.4 Å². The summed E-state index contributed by atoms with van der Waals surface area (Å²) in [5.41, 5.74) is 1.59. The van der Waals surface area contributed by atoms with Crippen molar-refractivity contribution in [3.8, 4) is 6.07 Å². The lowest BCUT2D eigenvalue weighted by Gasteiger charge is -2.29. The number of hydrogen-bond acceptors (Lipinski definition) is 7. The maximum atomic E-state index is 12.5. The number of rotatable bonds is 4. The molecule has 1 aromatic heterocycles.